The molecule has 7 heteroatoms. The smallest absolute Gasteiger partial charge is 0.274 e. The van der Waals surface area contributed by atoms with Crippen LogP contribution in [0, 0.1) is 33.8 Å². The molecule has 3 aliphatic carbocycles. The Morgan fingerprint density at radius 1 is 1.09 bits per heavy atom. The Morgan fingerprint density at radius 2 is 1.65 bits per heavy atom. The van der Waals surface area contributed by atoms with Gasteiger partial charge in [0, 0.05) is 6.07 Å². The fourth-order valence-corrected chi connectivity index (χ4v) is 4.30. The van der Waals surface area contributed by atoms with Crippen LogP contribution in [0.15, 0.2) is 30.4 Å². The van der Waals surface area contributed by atoms with Crippen molar-refractivity contribution in [1.29, 1.82) is 0 Å². The Balaban J connectivity index is 1.76. The van der Waals surface area contributed by atoms with Gasteiger partial charge in [-0.15, -0.1) is 0 Å². The third kappa shape index (κ3) is 1.94. The number of fused-ring (bicyclic) bond motifs is 1. The standard InChI is InChI=1S/C16H13ClN2O4/c17-11-6-5-10(7-12(11)19(22)23)18-15(20)13-8-1-2-9(4-3-8)14(13)16(18)21/h1-2,5-9,13-14H,3-4H2. The van der Waals surface area contributed by atoms with Gasteiger partial charge in [0.15, 0.2) is 0 Å². The summed E-state index contributed by atoms with van der Waals surface area (Å²) in [6.45, 7) is 0. The summed E-state index contributed by atoms with van der Waals surface area (Å²) in [6, 6.07) is 4.03. The van der Waals surface area contributed by atoms with Crippen LogP contribution in [0.25, 0.3) is 0 Å². The first kappa shape index (κ1) is 14.4. The van der Waals surface area contributed by atoms with Crippen molar-refractivity contribution in [2.24, 2.45) is 23.7 Å². The van der Waals surface area contributed by atoms with E-state index in [0.717, 1.165) is 17.7 Å². The van der Waals surface area contributed by atoms with Gasteiger partial charge >= 0.3 is 0 Å². The van der Waals surface area contributed by atoms with E-state index in [9.17, 15) is 19.7 Å². The van der Waals surface area contributed by atoms with E-state index in [1.54, 1.807) is 0 Å². The van der Waals surface area contributed by atoms with Crippen molar-refractivity contribution < 1.29 is 14.5 Å². The molecule has 0 spiro atoms. The molecule has 118 valence electrons. The quantitative estimate of drug-likeness (QED) is 0.361. The van der Waals surface area contributed by atoms with Gasteiger partial charge < -0.3 is 0 Å². The number of benzene rings is 1. The molecule has 1 saturated carbocycles. The van der Waals surface area contributed by atoms with Crippen molar-refractivity contribution in [3.63, 3.8) is 0 Å². The van der Waals surface area contributed by atoms with Crippen LogP contribution in [-0.4, -0.2) is 16.7 Å². The number of imide groups is 1. The van der Waals surface area contributed by atoms with E-state index in [1.165, 1.54) is 18.2 Å². The van der Waals surface area contributed by atoms with Gasteiger partial charge in [0.05, 0.1) is 22.4 Å². The van der Waals surface area contributed by atoms with Crippen LogP contribution >= 0.6 is 11.6 Å². The van der Waals surface area contributed by atoms with E-state index < -0.39 is 4.92 Å². The molecule has 23 heavy (non-hydrogen) atoms. The summed E-state index contributed by atoms with van der Waals surface area (Å²) in [5, 5.41) is 11.0. The van der Waals surface area contributed by atoms with Crippen molar-refractivity contribution in [3.8, 4) is 0 Å². The Kier molecular flexibility index (Phi) is 3.06. The highest BCUT2D eigenvalue weighted by molar-refractivity contribution is 6.33. The fraction of sp³-hybridized carbons (Fsp3) is 0.375. The average molecular weight is 333 g/mol. The average Bonchev–Trinajstić information content (AvgIpc) is 2.83. The number of hydrogen-bond donors (Lipinski definition) is 0. The molecule has 1 heterocycles. The Hall–Kier alpha value is -2.21. The molecule has 2 fully saturated rings. The molecule has 1 aromatic carbocycles. The molecule has 5 rings (SSSR count). The zero-order valence-electron chi connectivity index (χ0n) is 12.0. The molecule has 2 amide bonds. The number of nitro groups is 1. The number of hydrogen-bond acceptors (Lipinski definition) is 4. The van der Waals surface area contributed by atoms with E-state index in [2.05, 4.69) is 0 Å². The summed E-state index contributed by atoms with van der Waals surface area (Å²) >= 11 is 5.81. The highest BCUT2D eigenvalue weighted by Gasteiger charge is 2.56. The molecule has 0 N–H and O–H groups in total. The molecule has 4 unspecified atom stereocenters. The lowest BCUT2D eigenvalue weighted by Gasteiger charge is -2.38. The Bertz CT molecular complexity index is 743. The second kappa shape index (κ2) is 4.89. The highest BCUT2D eigenvalue weighted by atomic mass is 35.5. The maximum atomic E-state index is 12.8. The summed E-state index contributed by atoms with van der Waals surface area (Å²) in [5.74, 6) is -0.990. The number of carbonyl (C=O) groups is 2. The summed E-state index contributed by atoms with van der Waals surface area (Å²) in [5.41, 5.74) is -0.0781. The van der Waals surface area contributed by atoms with E-state index >= 15 is 0 Å². The van der Waals surface area contributed by atoms with Crippen molar-refractivity contribution in [3.05, 3.63) is 45.5 Å². The van der Waals surface area contributed by atoms with Crippen molar-refractivity contribution in [1.82, 2.24) is 0 Å². The Morgan fingerprint density at radius 3 is 2.13 bits per heavy atom. The van der Waals surface area contributed by atoms with Crippen molar-refractivity contribution in [2.45, 2.75) is 12.8 Å². The number of carbonyl (C=O) groups excluding carboxylic acids is 2. The molecule has 4 aliphatic rings. The summed E-state index contributed by atoms with van der Waals surface area (Å²) < 4.78 is 0. The molecule has 1 saturated heterocycles. The zero-order chi connectivity index (χ0) is 16.3. The molecule has 0 aromatic heterocycles. The lowest BCUT2D eigenvalue weighted by atomic mass is 9.63. The maximum Gasteiger partial charge on any atom is 0.289 e. The second-order valence-electron chi connectivity index (χ2n) is 6.25. The highest BCUT2D eigenvalue weighted by Crippen LogP contribution is 2.50. The lowest BCUT2D eigenvalue weighted by Crippen LogP contribution is -2.38. The summed E-state index contributed by atoms with van der Waals surface area (Å²) in [4.78, 5) is 37.1. The first-order valence-corrected chi connectivity index (χ1v) is 7.87. The first-order chi connectivity index (χ1) is 11.0. The molecule has 4 atom stereocenters. The Labute approximate surface area is 136 Å². The minimum absolute atomic E-state index is 0.0167. The topological polar surface area (TPSA) is 80.5 Å². The number of nitro benzene ring substituents is 1. The number of anilines is 1. The van der Waals surface area contributed by atoms with Crippen LogP contribution in [0.4, 0.5) is 11.4 Å². The first-order valence-electron chi connectivity index (χ1n) is 7.49. The molecular weight excluding hydrogens is 320 g/mol. The van der Waals surface area contributed by atoms with Gasteiger partial charge in [-0.05, 0) is 36.8 Å². The summed E-state index contributed by atoms with van der Waals surface area (Å²) in [7, 11) is 0. The van der Waals surface area contributed by atoms with E-state index in [-0.39, 0.29) is 51.9 Å². The number of amides is 2. The molecule has 0 radical (unpaired) electrons. The maximum absolute atomic E-state index is 12.8. The van der Waals surface area contributed by atoms with Crippen LogP contribution in [0.2, 0.25) is 5.02 Å². The third-order valence-corrected chi connectivity index (χ3v) is 5.46. The van der Waals surface area contributed by atoms with Crippen LogP contribution < -0.4 is 4.90 Å². The minimum atomic E-state index is -0.616. The predicted octanol–water partition coefficient (Wildman–Crippen LogP) is 2.95. The lowest BCUT2D eigenvalue weighted by molar-refractivity contribution is -0.384. The molecular formula is C16H13ClN2O4. The van der Waals surface area contributed by atoms with E-state index in [4.69, 9.17) is 11.6 Å². The van der Waals surface area contributed by atoms with Crippen LogP contribution in [-0.2, 0) is 9.59 Å². The molecule has 1 aliphatic heterocycles. The van der Waals surface area contributed by atoms with E-state index in [0.29, 0.717) is 0 Å². The second-order valence-corrected chi connectivity index (χ2v) is 6.65. The minimum Gasteiger partial charge on any atom is -0.274 e. The van der Waals surface area contributed by atoms with Crippen molar-refractivity contribution >= 4 is 34.8 Å². The zero-order valence-corrected chi connectivity index (χ0v) is 12.8. The molecule has 1 aromatic rings. The van der Waals surface area contributed by atoms with Gasteiger partial charge in [0.1, 0.15) is 5.02 Å². The van der Waals surface area contributed by atoms with Gasteiger partial charge in [-0.25, -0.2) is 4.90 Å². The van der Waals surface area contributed by atoms with Crippen molar-refractivity contribution in [2.75, 3.05) is 4.90 Å². The predicted molar refractivity (Wildman–Crippen MR) is 82.9 cm³/mol. The van der Waals surface area contributed by atoms with Gasteiger partial charge in [-0.1, -0.05) is 23.8 Å². The van der Waals surface area contributed by atoms with Gasteiger partial charge in [-0.3, -0.25) is 19.7 Å². The van der Waals surface area contributed by atoms with Gasteiger partial charge in [-0.2, -0.15) is 0 Å². The van der Waals surface area contributed by atoms with Gasteiger partial charge in [0.25, 0.3) is 5.69 Å². The normalized spacial score (nSPS) is 31.6. The fourth-order valence-electron chi connectivity index (χ4n) is 4.11. The number of halogens is 1. The molecule has 6 nitrogen and oxygen atoms in total. The van der Waals surface area contributed by atoms with E-state index in [1.807, 2.05) is 12.2 Å². The van der Waals surface area contributed by atoms with Crippen LogP contribution in [0.5, 0.6) is 0 Å². The number of allylic oxidation sites excluding steroid dienone is 2. The van der Waals surface area contributed by atoms with Crippen LogP contribution in [0.1, 0.15) is 12.8 Å². The monoisotopic (exact) mass is 332 g/mol. The SMILES string of the molecule is O=C1C2C3C=CC(CC3)C2C(=O)N1c1ccc(Cl)c([N+](=O)[O-])c1. The molecule has 2 bridgehead atoms. The van der Waals surface area contributed by atoms with Crippen LogP contribution in [0.3, 0.4) is 0 Å². The number of rotatable bonds is 2. The number of nitrogens with zero attached hydrogens (tertiary/aromatic N) is 2. The van der Waals surface area contributed by atoms with Gasteiger partial charge in [0.2, 0.25) is 11.8 Å². The summed E-state index contributed by atoms with van der Waals surface area (Å²) in [6.07, 6.45) is 5.90. The largest absolute Gasteiger partial charge is 0.289 e. The third-order valence-electron chi connectivity index (χ3n) is 5.14.